The van der Waals surface area contributed by atoms with Crippen molar-refractivity contribution in [3.05, 3.63) is 35.4 Å². The van der Waals surface area contributed by atoms with Crippen LogP contribution in [0.4, 0.5) is 0 Å². The van der Waals surface area contributed by atoms with Gasteiger partial charge in [-0.2, -0.15) is 0 Å². The van der Waals surface area contributed by atoms with E-state index in [-0.39, 0.29) is 6.04 Å². The summed E-state index contributed by atoms with van der Waals surface area (Å²) in [6.07, 6.45) is 0. The molecule has 0 amide bonds. The first-order valence-electron chi connectivity index (χ1n) is 5.50. The summed E-state index contributed by atoms with van der Waals surface area (Å²) in [4.78, 5) is 4.41. The first-order chi connectivity index (χ1) is 7.27. The zero-order chi connectivity index (χ0) is 11.3. The van der Waals surface area contributed by atoms with Gasteiger partial charge in [-0.15, -0.1) is 0 Å². The molecule has 0 radical (unpaired) electrons. The number of nitrogens with zero attached hydrogens (tertiary/aromatic N) is 1. The summed E-state index contributed by atoms with van der Waals surface area (Å²) in [5, 5.41) is 0. The first-order valence-corrected chi connectivity index (χ1v) is 5.50. The Balaban J connectivity index is 0.000000531. The molecular weight excluding hydrogens is 186 g/mol. The molecule has 82 valence electrons. The Labute approximate surface area is 92.0 Å². The lowest BCUT2D eigenvalue weighted by molar-refractivity contribution is 0.316. The third-order valence-electron chi connectivity index (χ3n) is 2.34. The highest BCUT2D eigenvalue weighted by Crippen LogP contribution is 2.25. The Hall–Kier alpha value is -1.31. The Morgan fingerprint density at radius 1 is 1.20 bits per heavy atom. The van der Waals surface area contributed by atoms with Gasteiger partial charge in [-0.1, -0.05) is 38.1 Å². The van der Waals surface area contributed by atoms with Crippen LogP contribution >= 0.6 is 0 Å². The van der Waals surface area contributed by atoms with Crippen LogP contribution in [0.5, 0.6) is 0 Å². The highest BCUT2D eigenvalue weighted by molar-refractivity contribution is 5.75. The molecule has 1 atom stereocenters. The van der Waals surface area contributed by atoms with Crippen LogP contribution in [-0.2, 0) is 4.74 Å². The number of benzene rings is 1. The molecule has 2 heteroatoms. The predicted octanol–water partition coefficient (Wildman–Crippen LogP) is 3.51. The second-order valence-corrected chi connectivity index (χ2v) is 3.33. The maximum absolute atomic E-state index is 5.32. The van der Waals surface area contributed by atoms with E-state index in [0.29, 0.717) is 6.61 Å². The van der Waals surface area contributed by atoms with E-state index < -0.39 is 0 Å². The number of rotatable bonds is 1. The molecule has 1 aliphatic rings. The van der Waals surface area contributed by atoms with E-state index in [1.54, 1.807) is 0 Å². The third kappa shape index (κ3) is 2.82. The largest absolute Gasteiger partial charge is 0.479 e. The smallest absolute Gasteiger partial charge is 0.180 e. The van der Waals surface area contributed by atoms with Gasteiger partial charge in [0.15, 0.2) is 5.90 Å². The lowest BCUT2D eigenvalue weighted by Gasteiger charge is -2.08. The molecular formula is C13H19NO. The van der Waals surface area contributed by atoms with E-state index in [2.05, 4.69) is 24.0 Å². The standard InChI is InChI=1S/C11H13NO.C2H6/c1-8-5-3-4-6-10(8)11-7-13-9(2)12-11;1-2/h3-6,11H,7H2,1-2H3;1-2H3. The van der Waals surface area contributed by atoms with Gasteiger partial charge < -0.3 is 4.74 Å². The molecule has 0 saturated heterocycles. The maximum Gasteiger partial charge on any atom is 0.180 e. The molecule has 15 heavy (non-hydrogen) atoms. The fourth-order valence-corrected chi connectivity index (χ4v) is 1.61. The SMILES string of the molecule is CC.CC1=NC(c2ccccc2C)CO1. The van der Waals surface area contributed by atoms with Gasteiger partial charge in [0, 0.05) is 6.92 Å². The van der Waals surface area contributed by atoms with Crippen LogP contribution in [0.3, 0.4) is 0 Å². The Morgan fingerprint density at radius 2 is 1.87 bits per heavy atom. The molecule has 1 heterocycles. The van der Waals surface area contributed by atoms with Crippen LogP contribution in [0.2, 0.25) is 0 Å². The van der Waals surface area contributed by atoms with Crippen molar-refractivity contribution < 1.29 is 4.74 Å². The first kappa shape index (κ1) is 11.8. The van der Waals surface area contributed by atoms with E-state index in [1.807, 2.05) is 32.9 Å². The van der Waals surface area contributed by atoms with Crippen molar-refractivity contribution in [2.24, 2.45) is 4.99 Å². The molecule has 2 rings (SSSR count). The Kier molecular flexibility index (Phi) is 4.35. The van der Waals surface area contributed by atoms with Crippen LogP contribution < -0.4 is 0 Å². The number of aliphatic imine (C=N–C) groups is 1. The van der Waals surface area contributed by atoms with Crippen molar-refractivity contribution in [1.82, 2.24) is 0 Å². The normalized spacial score (nSPS) is 18.7. The molecule has 0 aliphatic carbocycles. The summed E-state index contributed by atoms with van der Waals surface area (Å²) in [6, 6.07) is 8.53. The summed E-state index contributed by atoms with van der Waals surface area (Å²) in [7, 11) is 0. The van der Waals surface area contributed by atoms with E-state index >= 15 is 0 Å². The molecule has 0 bridgehead atoms. The van der Waals surface area contributed by atoms with Crippen LogP contribution in [0.25, 0.3) is 0 Å². The zero-order valence-electron chi connectivity index (χ0n) is 9.95. The van der Waals surface area contributed by atoms with Gasteiger partial charge >= 0.3 is 0 Å². The van der Waals surface area contributed by atoms with Crippen molar-refractivity contribution in [2.75, 3.05) is 6.61 Å². The van der Waals surface area contributed by atoms with Crippen LogP contribution in [0.1, 0.15) is 37.9 Å². The van der Waals surface area contributed by atoms with Crippen molar-refractivity contribution in [1.29, 1.82) is 0 Å². The minimum absolute atomic E-state index is 0.209. The van der Waals surface area contributed by atoms with Crippen molar-refractivity contribution >= 4 is 5.90 Å². The minimum Gasteiger partial charge on any atom is -0.479 e. The monoisotopic (exact) mass is 205 g/mol. The fraction of sp³-hybridized carbons (Fsp3) is 0.462. The summed E-state index contributed by atoms with van der Waals surface area (Å²) < 4.78 is 5.32. The summed E-state index contributed by atoms with van der Waals surface area (Å²) >= 11 is 0. The molecule has 0 spiro atoms. The molecule has 1 aliphatic heterocycles. The van der Waals surface area contributed by atoms with Gasteiger partial charge in [0.25, 0.3) is 0 Å². The number of hydrogen-bond acceptors (Lipinski definition) is 2. The summed E-state index contributed by atoms with van der Waals surface area (Å²) in [5.41, 5.74) is 2.56. The van der Waals surface area contributed by atoms with E-state index in [9.17, 15) is 0 Å². The molecule has 2 nitrogen and oxygen atoms in total. The third-order valence-corrected chi connectivity index (χ3v) is 2.34. The van der Waals surface area contributed by atoms with Crippen LogP contribution in [0.15, 0.2) is 29.3 Å². The van der Waals surface area contributed by atoms with Crippen molar-refractivity contribution in [3.8, 4) is 0 Å². The van der Waals surface area contributed by atoms with E-state index in [0.717, 1.165) is 5.90 Å². The van der Waals surface area contributed by atoms with Crippen molar-refractivity contribution in [2.45, 2.75) is 33.7 Å². The van der Waals surface area contributed by atoms with Gasteiger partial charge in [0.05, 0.1) is 0 Å². The van der Waals surface area contributed by atoms with E-state index in [4.69, 9.17) is 4.74 Å². The lowest BCUT2D eigenvalue weighted by atomic mass is 10.0. The molecule has 0 saturated carbocycles. The number of ether oxygens (including phenoxy) is 1. The topological polar surface area (TPSA) is 21.6 Å². The quantitative estimate of drug-likeness (QED) is 0.687. The molecule has 1 aromatic carbocycles. The lowest BCUT2D eigenvalue weighted by Crippen LogP contribution is -1.99. The highest BCUT2D eigenvalue weighted by atomic mass is 16.5. The van der Waals surface area contributed by atoms with Gasteiger partial charge in [0.1, 0.15) is 12.6 Å². The van der Waals surface area contributed by atoms with Crippen LogP contribution in [0, 0.1) is 6.92 Å². The van der Waals surface area contributed by atoms with E-state index in [1.165, 1.54) is 11.1 Å². The number of aryl methyl sites for hydroxylation is 1. The number of hydrogen-bond donors (Lipinski definition) is 0. The average molecular weight is 205 g/mol. The fourth-order valence-electron chi connectivity index (χ4n) is 1.61. The minimum atomic E-state index is 0.209. The Bertz CT molecular complexity index is 344. The van der Waals surface area contributed by atoms with Crippen molar-refractivity contribution in [3.63, 3.8) is 0 Å². The molecule has 1 unspecified atom stereocenters. The molecule has 0 aromatic heterocycles. The zero-order valence-corrected chi connectivity index (χ0v) is 9.95. The second-order valence-electron chi connectivity index (χ2n) is 3.33. The predicted molar refractivity (Wildman–Crippen MR) is 64.3 cm³/mol. The van der Waals surface area contributed by atoms with Gasteiger partial charge in [-0.05, 0) is 18.1 Å². The van der Waals surface area contributed by atoms with Gasteiger partial charge in [-0.25, -0.2) is 4.99 Å². The highest BCUT2D eigenvalue weighted by Gasteiger charge is 2.18. The molecule has 0 N–H and O–H groups in total. The Morgan fingerprint density at radius 3 is 2.40 bits per heavy atom. The average Bonchev–Trinajstić information content (AvgIpc) is 2.68. The summed E-state index contributed by atoms with van der Waals surface area (Å²) in [6.45, 7) is 8.70. The maximum atomic E-state index is 5.32. The van der Waals surface area contributed by atoms with Gasteiger partial charge in [0.2, 0.25) is 0 Å². The second kappa shape index (κ2) is 5.54. The van der Waals surface area contributed by atoms with Crippen LogP contribution in [-0.4, -0.2) is 12.5 Å². The molecule has 0 fully saturated rings. The van der Waals surface area contributed by atoms with Gasteiger partial charge in [-0.3, -0.25) is 0 Å². The summed E-state index contributed by atoms with van der Waals surface area (Å²) in [5.74, 6) is 0.799. The molecule has 1 aromatic rings.